The first kappa shape index (κ1) is 12.8. The molecule has 3 rings (SSSR count). The molecule has 0 saturated carbocycles. The number of nitrogens with one attached hydrogen (secondary N) is 1. The van der Waals surface area contributed by atoms with E-state index in [-0.39, 0.29) is 5.41 Å². The van der Waals surface area contributed by atoms with Gasteiger partial charge in [-0.15, -0.1) is 0 Å². The van der Waals surface area contributed by atoms with Gasteiger partial charge in [0.2, 0.25) is 0 Å². The van der Waals surface area contributed by atoms with Crippen LogP contribution >= 0.6 is 0 Å². The highest BCUT2D eigenvalue weighted by Crippen LogP contribution is 2.44. The Kier molecular flexibility index (Phi) is 3.37. The van der Waals surface area contributed by atoms with E-state index in [1.54, 1.807) is 14.2 Å². The third-order valence-electron chi connectivity index (χ3n) is 4.39. The van der Waals surface area contributed by atoms with Gasteiger partial charge in [0, 0.05) is 11.6 Å². The molecule has 19 heavy (non-hydrogen) atoms. The van der Waals surface area contributed by atoms with Crippen LogP contribution in [0.25, 0.3) is 0 Å². The fourth-order valence-electron chi connectivity index (χ4n) is 3.23. The first-order valence-corrected chi connectivity index (χ1v) is 6.84. The summed E-state index contributed by atoms with van der Waals surface area (Å²) in [5.74, 6) is 1.80. The van der Waals surface area contributed by atoms with E-state index < -0.39 is 0 Å². The molecule has 1 atom stereocenters. The Balaban J connectivity index is 2.02. The average Bonchev–Trinajstić information content (AvgIpc) is 2.91. The Bertz CT molecular complexity index is 451. The van der Waals surface area contributed by atoms with Crippen LogP contribution in [0.3, 0.4) is 0 Å². The molecule has 0 aromatic heterocycles. The van der Waals surface area contributed by atoms with Crippen molar-refractivity contribution >= 4 is 0 Å². The summed E-state index contributed by atoms with van der Waals surface area (Å²) in [5.41, 5.74) is 1.25. The highest BCUT2D eigenvalue weighted by Gasteiger charge is 2.49. The molecule has 0 bridgehead atoms. The average molecular weight is 263 g/mol. The van der Waals surface area contributed by atoms with Gasteiger partial charge in [-0.25, -0.2) is 0 Å². The van der Waals surface area contributed by atoms with E-state index in [1.807, 2.05) is 12.1 Å². The van der Waals surface area contributed by atoms with Crippen LogP contribution in [0.4, 0.5) is 0 Å². The maximum absolute atomic E-state index is 5.55. The van der Waals surface area contributed by atoms with Crippen molar-refractivity contribution in [1.29, 1.82) is 0 Å². The number of methoxy groups -OCH3 is 2. The summed E-state index contributed by atoms with van der Waals surface area (Å²) in [6.07, 6.45) is 2.43. The molecular formula is C15H21NO3. The Morgan fingerprint density at radius 3 is 2.63 bits per heavy atom. The van der Waals surface area contributed by atoms with Crippen molar-refractivity contribution in [1.82, 2.24) is 5.32 Å². The summed E-state index contributed by atoms with van der Waals surface area (Å²) < 4.78 is 16.5. The van der Waals surface area contributed by atoms with Crippen LogP contribution in [-0.4, -0.2) is 40.0 Å². The van der Waals surface area contributed by atoms with Gasteiger partial charge < -0.3 is 19.5 Å². The zero-order chi connectivity index (χ0) is 13.3. The molecule has 1 aromatic rings. The molecule has 0 radical (unpaired) electrons. The van der Waals surface area contributed by atoms with E-state index in [4.69, 9.17) is 14.2 Å². The third kappa shape index (κ3) is 1.99. The lowest BCUT2D eigenvalue weighted by molar-refractivity contribution is -0.0770. The highest BCUT2D eigenvalue weighted by atomic mass is 16.5. The van der Waals surface area contributed by atoms with Gasteiger partial charge in [-0.1, -0.05) is 0 Å². The smallest absolute Gasteiger partial charge is 0.123 e. The lowest BCUT2D eigenvalue weighted by Gasteiger charge is -2.47. The zero-order valence-electron chi connectivity index (χ0n) is 11.6. The Morgan fingerprint density at radius 2 is 2.11 bits per heavy atom. The first-order valence-electron chi connectivity index (χ1n) is 6.84. The van der Waals surface area contributed by atoms with Gasteiger partial charge in [-0.3, -0.25) is 0 Å². The lowest BCUT2D eigenvalue weighted by atomic mass is 9.71. The molecule has 0 aliphatic carbocycles. The maximum atomic E-state index is 5.55. The Hall–Kier alpha value is -1.26. The van der Waals surface area contributed by atoms with Crippen LogP contribution in [0, 0.1) is 0 Å². The molecule has 2 saturated heterocycles. The molecule has 4 heteroatoms. The quantitative estimate of drug-likeness (QED) is 0.898. The second kappa shape index (κ2) is 5.02. The highest BCUT2D eigenvalue weighted by molar-refractivity contribution is 5.47. The fourth-order valence-corrected chi connectivity index (χ4v) is 3.23. The van der Waals surface area contributed by atoms with Gasteiger partial charge in [0.25, 0.3) is 0 Å². The number of benzene rings is 1. The number of ether oxygens (including phenoxy) is 3. The van der Waals surface area contributed by atoms with Gasteiger partial charge in [0.15, 0.2) is 0 Å². The summed E-state index contributed by atoms with van der Waals surface area (Å²) >= 11 is 0. The summed E-state index contributed by atoms with van der Waals surface area (Å²) in [6.45, 7) is 2.61. The van der Waals surface area contributed by atoms with E-state index in [9.17, 15) is 0 Å². The van der Waals surface area contributed by atoms with Crippen LogP contribution in [0.1, 0.15) is 18.4 Å². The van der Waals surface area contributed by atoms with Crippen molar-refractivity contribution in [2.45, 2.75) is 24.3 Å². The molecule has 1 N–H and O–H groups in total. The van der Waals surface area contributed by atoms with Gasteiger partial charge in [-0.2, -0.15) is 0 Å². The normalized spacial score (nSPS) is 24.8. The van der Waals surface area contributed by atoms with Crippen LogP contribution in [-0.2, 0) is 10.2 Å². The van der Waals surface area contributed by atoms with Crippen LogP contribution < -0.4 is 14.8 Å². The van der Waals surface area contributed by atoms with Crippen molar-refractivity contribution in [3.8, 4) is 11.5 Å². The van der Waals surface area contributed by atoms with Crippen LogP contribution in [0.2, 0.25) is 0 Å². The van der Waals surface area contributed by atoms with Crippen molar-refractivity contribution < 1.29 is 14.2 Å². The molecule has 1 unspecified atom stereocenters. The summed E-state index contributed by atoms with van der Waals surface area (Å²) in [7, 11) is 3.42. The molecule has 2 aliphatic rings. The van der Waals surface area contributed by atoms with E-state index in [2.05, 4.69) is 11.4 Å². The molecule has 4 nitrogen and oxygen atoms in total. The minimum absolute atomic E-state index is 0.0381. The zero-order valence-corrected chi connectivity index (χ0v) is 11.6. The van der Waals surface area contributed by atoms with Crippen LogP contribution in [0.5, 0.6) is 11.5 Å². The number of hydrogen-bond acceptors (Lipinski definition) is 4. The maximum Gasteiger partial charge on any atom is 0.123 e. The van der Waals surface area contributed by atoms with Crippen LogP contribution in [0.15, 0.2) is 18.2 Å². The van der Waals surface area contributed by atoms with Crippen molar-refractivity contribution in [3.05, 3.63) is 23.8 Å². The lowest BCUT2D eigenvalue weighted by Crippen LogP contribution is -2.58. The number of hydrogen-bond donors (Lipinski definition) is 1. The summed E-state index contributed by atoms with van der Waals surface area (Å²) in [4.78, 5) is 0. The summed E-state index contributed by atoms with van der Waals surface area (Å²) in [5, 5.41) is 3.61. The molecule has 1 aromatic carbocycles. The topological polar surface area (TPSA) is 39.7 Å². The van der Waals surface area contributed by atoms with Crippen molar-refractivity contribution in [2.24, 2.45) is 0 Å². The predicted octanol–water partition coefficient (Wildman–Crippen LogP) is 1.72. The molecule has 2 aliphatic heterocycles. The molecule has 0 amide bonds. The SMILES string of the molecule is COc1ccc(OC)c(C2(C3CCCN3)COC2)c1. The second-order valence-electron chi connectivity index (χ2n) is 5.36. The Morgan fingerprint density at radius 1 is 1.26 bits per heavy atom. The number of rotatable bonds is 4. The largest absolute Gasteiger partial charge is 0.497 e. The standard InChI is InChI=1S/C15H21NO3/c1-17-11-5-6-13(18-2)12(8-11)15(9-19-10-15)14-4-3-7-16-14/h5-6,8,14,16H,3-4,7,9-10H2,1-2H3. The second-order valence-corrected chi connectivity index (χ2v) is 5.36. The van der Waals surface area contributed by atoms with E-state index in [1.165, 1.54) is 18.4 Å². The van der Waals surface area contributed by atoms with E-state index in [0.717, 1.165) is 31.3 Å². The van der Waals surface area contributed by atoms with E-state index in [0.29, 0.717) is 6.04 Å². The molecule has 104 valence electrons. The monoisotopic (exact) mass is 263 g/mol. The molecular weight excluding hydrogens is 242 g/mol. The minimum atomic E-state index is 0.0381. The Labute approximate surface area is 114 Å². The van der Waals surface area contributed by atoms with Gasteiger partial charge in [0.1, 0.15) is 11.5 Å². The third-order valence-corrected chi connectivity index (χ3v) is 4.39. The van der Waals surface area contributed by atoms with E-state index >= 15 is 0 Å². The van der Waals surface area contributed by atoms with Gasteiger partial charge >= 0.3 is 0 Å². The van der Waals surface area contributed by atoms with Crippen molar-refractivity contribution in [3.63, 3.8) is 0 Å². The first-order chi connectivity index (χ1) is 9.30. The molecule has 2 heterocycles. The van der Waals surface area contributed by atoms with Crippen molar-refractivity contribution in [2.75, 3.05) is 34.0 Å². The van der Waals surface area contributed by atoms with Gasteiger partial charge in [-0.05, 0) is 37.6 Å². The van der Waals surface area contributed by atoms with Gasteiger partial charge in [0.05, 0.1) is 32.8 Å². The predicted molar refractivity (Wildman–Crippen MR) is 73.1 cm³/mol. The minimum Gasteiger partial charge on any atom is -0.497 e. The summed E-state index contributed by atoms with van der Waals surface area (Å²) in [6, 6.07) is 6.50. The fraction of sp³-hybridized carbons (Fsp3) is 0.600. The molecule has 0 spiro atoms. The molecule has 2 fully saturated rings.